The van der Waals surface area contributed by atoms with E-state index in [4.69, 9.17) is 5.11 Å². The average Bonchev–Trinajstić information content (AvgIpc) is 2.26. The molecule has 1 unspecified atom stereocenters. The summed E-state index contributed by atoms with van der Waals surface area (Å²) in [4.78, 5) is 22.7. The topological polar surface area (TPSA) is 78.4 Å². The van der Waals surface area contributed by atoms with E-state index in [1.54, 1.807) is 6.92 Å². The molecule has 0 radical (unpaired) electrons. The van der Waals surface area contributed by atoms with Crippen molar-refractivity contribution < 1.29 is 14.7 Å². The summed E-state index contributed by atoms with van der Waals surface area (Å²) < 4.78 is 0. The minimum absolute atomic E-state index is 0.0426. The minimum atomic E-state index is -1.02. The minimum Gasteiger partial charge on any atom is -0.480 e. The van der Waals surface area contributed by atoms with Crippen molar-refractivity contribution in [3.05, 3.63) is 0 Å². The van der Waals surface area contributed by atoms with Crippen LogP contribution in [0.5, 0.6) is 0 Å². The first-order chi connectivity index (χ1) is 8.31. The number of carbonyl (C=O) groups excluding carboxylic acids is 1. The number of hydrogen-bond donors (Lipinski definition) is 3. The van der Waals surface area contributed by atoms with E-state index < -0.39 is 11.5 Å². The summed E-state index contributed by atoms with van der Waals surface area (Å²) in [6.07, 6.45) is 2.18. The van der Waals surface area contributed by atoms with Crippen molar-refractivity contribution in [2.75, 3.05) is 13.1 Å². The molecule has 0 bridgehead atoms. The molecule has 18 heavy (non-hydrogen) atoms. The summed E-state index contributed by atoms with van der Waals surface area (Å²) in [5.41, 5.74) is -1.02. The van der Waals surface area contributed by atoms with Crippen LogP contribution in [-0.4, -0.2) is 35.6 Å². The molecular weight excluding hydrogens is 232 g/mol. The van der Waals surface area contributed by atoms with Crippen LogP contribution in [0.3, 0.4) is 0 Å². The molecule has 0 aromatic rings. The van der Waals surface area contributed by atoms with Gasteiger partial charge in [0.2, 0.25) is 5.91 Å². The van der Waals surface area contributed by atoms with Crippen molar-refractivity contribution >= 4 is 11.9 Å². The Kier molecular flexibility index (Phi) is 7.59. The van der Waals surface area contributed by atoms with Gasteiger partial charge in [-0.3, -0.25) is 14.9 Å². The highest BCUT2D eigenvalue weighted by Gasteiger charge is 2.31. The summed E-state index contributed by atoms with van der Waals surface area (Å²) in [5.74, 6) is -0.527. The van der Waals surface area contributed by atoms with Gasteiger partial charge in [-0.25, -0.2) is 0 Å². The number of nitrogens with one attached hydrogen (secondary N) is 2. The van der Waals surface area contributed by atoms with E-state index >= 15 is 0 Å². The maximum absolute atomic E-state index is 11.5. The van der Waals surface area contributed by atoms with Crippen LogP contribution in [0.4, 0.5) is 0 Å². The zero-order valence-corrected chi connectivity index (χ0v) is 11.9. The van der Waals surface area contributed by atoms with Gasteiger partial charge in [-0.2, -0.15) is 0 Å². The Balaban J connectivity index is 4.04. The predicted molar refractivity (Wildman–Crippen MR) is 71.4 cm³/mol. The zero-order chi connectivity index (χ0) is 14.2. The third-order valence-electron chi connectivity index (χ3n) is 2.90. The Hall–Kier alpha value is -1.10. The summed E-state index contributed by atoms with van der Waals surface area (Å²) in [5, 5.41) is 14.7. The van der Waals surface area contributed by atoms with Crippen LogP contribution >= 0.6 is 0 Å². The fraction of sp³-hybridized carbons (Fsp3) is 0.846. The lowest BCUT2D eigenvalue weighted by Gasteiger charge is -2.25. The Morgan fingerprint density at radius 3 is 2.39 bits per heavy atom. The van der Waals surface area contributed by atoms with Crippen molar-refractivity contribution in [3.63, 3.8) is 0 Å². The third-order valence-corrected chi connectivity index (χ3v) is 2.90. The van der Waals surface area contributed by atoms with E-state index in [-0.39, 0.29) is 12.5 Å². The SMILES string of the molecule is CCCC(C)(NCC(=O)NCCC(C)C)C(=O)O. The van der Waals surface area contributed by atoms with Crippen molar-refractivity contribution in [2.45, 2.75) is 52.5 Å². The number of hydrogen-bond acceptors (Lipinski definition) is 3. The van der Waals surface area contributed by atoms with Gasteiger partial charge in [-0.1, -0.05) is 27.2 Å². The fourth-order valence-corrected chi connectivity index (χ4v) is 1.61. The first-order valence-electron chi connectivity index (χ1n) is 6.57. The Bertz CT molecular complexity index is 279. The van der Waals surface area contributed by atoms with E-state index in [1.807, 2.05) is 6.92 Å². The van der Waals surface area contributed by atoms with E-state index in [0.29, 0.717) is 18.9 Å². The molecule has 0 aliphatic carbocycles. The summed E-state index contributed by atoms with van der Waals surface area (Å²) in [6.45, 7) is 8.39. The van der Waals surface area contributed by atoms with Gasteiger partial charge in [0.05, 0.1) is 6.54 Å². The van der Waals surface area contributed by atoms with E-state index in [1.165, 1.54) is 0 Å². The van der Waals surface area contributed by atoms with Gasteiger partial charge in [0.25, 0.3) is 0 Å². The lowest BCUT2D eigenvalue weighted by Crippen LogP contribution is -2.52. The molecule has 0 heterocycles. The van der Waals surface area contributed by atoms with E-state index in [9.17, 15) is 9.59 Å². The van der Waals surface area contributed by atoms with Crippen LogP contribution in [-0.2, 0) is 9.59 Å². The molecule has 5 nitrogen and oxygen atoms in total. The van der Waals surface area contributed by atoms with Crippen LogP contribution in [0.25, 0.3) is 0 Å². The molecule has 0 saturated carbocycles. The second-order valence-corrected chi connectivity index (χ2v) is 5.27. The second kappa shape index (κ2) is 8.08. The van der Waals surface area contributed by atoms with Gasteiger partial charge in [-0.15, -0.1) is 0 Å². The number of carboxylic acids is 1. The molecular formula is C13H26N2O3. The number of aliphatic carboxylic acids is 1. The van der Waals surface area contributed by atoms with Gasteiger partial charge < -0.3 is 10.4 Å². The summed E-state index contributed by atoms with van der Waals surface area (Å²) >= 11 is 0. The van der Waals surface area contributed by atoms with Crippen molar-refractivity contribution in [1.82, 2.24) is 10.6 Å². The number of carbonyl (C=O) groups is 2. The molecule has 106 valence electrons. The van der Waals surface area contributed by atoms with Crippen molar-refractivity contribution in [3.8, 4) is 0 Å². The predicted octanol–water partition coefficient (Wildman–Crippen LogP) is 1.38. The highest BCUT2D eigenvalue weighted by Crippen LogP contribution is 2.11. The first-order valence-corrected chi connectivity index (χ1v) is 6.57. The zero-order valence-electron chi connectivity index (χ0n) is 11.9. The molecule has 0 aliphatic heterocycles. The highest BCUT2D eigenvalue weighted by molar-refractivity contribution is 5.81. The van der Waals surface area contributed by atoms with E-state index in [0.717, 1.165) is 12.8 Å². The normalized spacial score (nSPS) is 14.3. The van der Waals surface area contributed by atoms with Crippen LogP contribution in [0, 0.1) is 5.92 Å². The molecule has 0 spiro atoms. The highest BCUT2D eigenvalue weighted by atomic mass is 16.4. The lowest BCUT2D eigenvalue weighted by atomic mass is 9.96. The molecule has 0 aromatic carbocycles. The monoisotopic (exact) mass is 258 g/mol. The molecule has 1 atom stereocenters. The Labute approximate surface area is 109 Å². The van der Waals surface area contributed by atoms with Crippen molar-refractivity contribution in [2.24, 2.45) is 5.92 Å². The quantitative estimate of drug-likeness (QED) is 0.584. The van der Waals surface area contributed by atoms with E-state index in [2.05, 4.69) is 24.5 Å². The Morgan fingerprint density at radius 2 is 1.94 bits per heavy atom. The molecule has 1 amide bonds. The number of rotatable bonds is 9. The van der Waals surface area contributed by atoms with Crippen molar-refractivity contribution in [1.29, 1.82) is 0 Å². The molecule has 0 aliphatic rings. The number of amides is 1. The lowest BCUT2D eigenvalue weighted by molar-refractivity contribution is -0.144. The molecule has 5 heteroatoms. The van der Waals surface area contributed by atoms with Crippen LogP contribution in [0.1, 0.15) is 47.0 Å². The maximum atomic E-state index is 11.5. The maximum Gasteiger partial charge on any atom is 0.323 e. The fourth-order valence-electron chi connectivity index (χ4n) is 1.61. The van der Waals surface area contributed by atoms with Gasteiger partial charge in [0.1, 0.15) is 5.54 Å². The van der Waals surface area contributed by atoms with Gasteiger partial charge in [-0.05, 0) is 25.7 Å². The summed E-state index contributed by atoms with van der Waals surface area (Å²) in [6, 6.07) is 0. The van der Waals surface area contributed by atoms with Gasteiger partial charge >= 0.3 is 5.97 Å². The molecule has 0 rings (SSSR count). The smallest absolute Gasteiger partial charge is 0.323 e. The summed E-state index contributed by atoms with van der Waals surface area (Å²) in [7, 11) is 0. The first kappa shape index (κ1) is 16.9. The van der Waals surface area contributed by atoms with Crippen LogP contribution in [0.15, 0.2) is 0 Å². The molecule has 3 N–H and O–H groups in total. The van der Waals surface area contributed by atoms with Gasteiger partial charge in [0, 0.05) is 6.54 Å². The van der Waals surface area contributed by atoms with Crippen LogP contribution < -0.4 is 10.6 Å². The standard InChI is InChI=1S/C13H26N2O3/c1-5-7-13(4,12(17)18)15-9-11(16)14-8-6-10(2)3/h10,15H,5-9H2,1-4H3,(H,14,16)(H,17,18). The molecule has 0 aromatic heterocycles. The second-order valence-electron chi connectivity index (χ2n) is 5.27. The number of carboxylic acid groups (broad SMARTS) is 1. The van der Waals surface area contributed by atoms with Crippen LogP contribution in [0.2, 0.25) is 0 Å². The largest absolute Gasteiger partial charge is 0.480 e. The van der Waals surface area contributed by atoms with Gasteiger partial charge in [0.15, 0.2) is 0 Å². The third kappa shape index (κ3) is 6.59. The Morgan fingerprint density at radius 1 is 1.33 bits per heavy atom. The molecule has 0 saturated heterocycles. The average molecular weight is 258 g/mol. The molecule has 0 fully saturated rings.